The Kier molecular flexibility index (Phi) is 5.45. The molecule has 4 heteroatoms. The van der Waals surface area contributed by atoms with Crippen LogP contribution in [0.5, 0.6) is 0 Å². The van der Waals surface area contributed by atoms with E-state index in [-0.39, 0.29) is 18.0 Å². The molecule has 1 amide bonds. The molecule has 0 saturated carbocycles. The van der Waals surface area contributed by atoms with Crippen LogP contribution in [0.15, 0.2) is 18.3 Å². The first-order valence-electron chi connectivity index (χ1n) is 8.18. The number of hydrogen-bond acceptors (Lipinski definition) is 2. The summed E-state index contributed by atoms with van der Waals surface area (Å²) in [6.07, 6.45) is 7.31. The summed E-state index contributed by atoms with van der Waals surface area (Å²) in [7, 11) is 2.05. The van der Waals surface area contributed by atoms with Crippen LogP contribution in [0.1, 0.15) is 57.7 Å². The topological polar surface area (TPSA) is 51.3 Å². The minimum atomic E-state index is -0.370. The molecule has 0 aliphatic carbocycles. The fourth-order valence-corrected chi connectivity index (χ4v) is 3.32. The lowest BCUT2D eigenvalue weighted by molar-refractivity contribution is -0.135. The third-order valence-corrected chi connectivity index (χ3v) is 4.40. The van der Waals surface area contributed by atoms with Gasteiger partial charge in [0.2, 0.25) is 5.91 Å². The van der Waals surface area contributed by atoms with Crippen molar-refractivity contribution in [2.24, 2.45) is 18.7 Å². The lowest BCUT2D eigenvalue weighted by Crippen LogP contribution is -2.46. The summed E-state index contributed by atoms with van der Waals surface area (Å²) in [6, 6.07) is 3.99. The summed E-state index contributed by atoms with van der Waals surface area (Å²) >= 11 is 0. The number of aromatic nitrogens is 1. The van der Waals surface area contributed by atoms with Crippen LogP contribution in [0.25, 0.3) is 0 Å². The maximum atomic E-state index is 12.8. The molecule has 0 spiro atoms. The second kappa shape index (κ2) is 7.12. The molecule has 1 aromatic heterocycles. The third kappa shape index (κ3) is 3.88. The molecule has 1 fully saturated rings. The van der Waals surface area contributed by atoms with E-state index in [0.29, 0.717) is 5.92 Å². The van der Waals surface area contributed by atoms with Crippen LogP contribution in [0.4, 0.5) is 0 Å². The number of likely N-dealkylation sites (tertiary alicyclic amines) is 1. The van der Waals surface area contributed by atoms with E-state index in [4.69, 9.17) is 5.73 Å². The minimum absolute atomic E-state index is 0.122. The molecular formula is C17H29N3O. The maximum absolute atomic E-state index is 12.8. The number of rotatable bonds is 4. The zero-order chi connectivity index (χ0) is 15.4. The number of aryl methyl sites for hydroxylation is 1. The van der Waals surface area contributed by atoms with Crippen LogP contribution < -0.4 is 5.73 Å². The van der Waals surface area contributed by atoms with Gasteiger partial charge in [-0.3, -0.25) is 4.79 Å². The molecule has 1 aliphatic rings. The molecular weight excluding hydrogens is 262 g/mol. The molecule has 2 heterocycles. The standard InChI is InChI=1S/C17H29N3O/c1-13(2)12-14(18)17(21)20-11-6-4-5-8-16(20)15-9-7-10-19(15)3/h7,9-10,13-14,16H,4-6,8,11-12,18H2,1-3H3. The van der Waals surface area contributed by atoms with E-state index in [0.717, 1.165) is 25.8 Å². The number of carbonyl (C=O) groups is 1. The molecule has 118 valence electrons. The van der Waals surface area contributed by atoms with Crippen LogP contribution in [0, 0.1) is 5.92 Å². The second-order valence-corrected chi connectivity index (χ2v) is 6.68. The van der Waals surface area contributed by atoms with Gasteiger partial charge in [0.15, 0.2) is 0 Å². The second-order valence-electron chi connectivity index (χ2n) is 6.68. The van der Waals surface area contributed by atoms with E-state index >= 15 is 0 Å². The van der Waals surface area contributed by atoms with Crippen LogP contribution in [0.3, 0.4) is 0 Å². The number of nitrogens with two attached hydrogens (primary N) is 1. The van der Waals surface area contributed by atoms with E-state index in [1.54, 1.807) is 0 Å². The Balaban J connectivity index is 2.20. The van der Waals surface area contributed by atoms with Gasteiger partial charge in [0.05, 0.1) is 12.1 Å². The monoisotopic (exact) mass is 291 g/mol. The number of carbonyl (C=O) groups excluding carboxylic acids is 1. The molecule has 2 atom stereocenters. The van der Waals surface area contributed by atoms with Gasteiger partial charge in [0.1, 0.15) is 0 Å². The summed E-state index contributed by atoms with van der Waals surface area (Å²) in [6.45, 7) is 5.06. The van der Waals surface area contributed by atoms with Crippen molar-refractivity contribution in [3.05, 3.63) is 24.0 Å². The lowest BCUT2D eigenvalue weighted by Gasteiger charge is -2.33. The zero-order valence-corrected chi connectivity index (χ0v) is 13.6. The van der Waals surface area contributed by atoms with Crippen molar-refractivity contribution in [3.63, 3.8) is 0 Å². The van der Waals surface area contributed by atoms with Crippen LogP contribution in [0.2, 0.25) is 0 Å². The first-order chi connectivity index (χ1) is 10.0. The molecule has 2 unspecified atom stereocenters. The van der Waals surface area contributed by atoms with Crippen LogP contribution in [-0.2, 0) is 11.8 Å². The van der Waals surface area contributed by atoms with E-state index in [2.05, 4.69) is 43.8 Å². The third-order valence-electron chi connectivity index (χ3n) is 4.40. The van der Waals surface area contributed by atoms with Crippen LogP contribution in [-0.4, -0.2) is 28.0 Å². The van der Waals surface area contributed by atoms with Gasteiger partial charge in [-0.2, -0.15) is 0 Å². The molecule has 1 saturated heterocycles. The molecule has 21 heavy (non-hydrogen) atoms. The Morgan fingerprint density at radius 3 is 2.76 bits per heavy atom. The summed E-state index contributed by atoms with van der Waals surface area (Å²) in [5.74, 6) is 0.571. The highest BCUT2D eigenvalue weighted by atomic mass is 16.2. The minimum Gasteiger partial charge on any atom is -0.353 e. The molecule has 2 N–H and O–H groups in total. The van der Waals surface area contributed by atoms with E-state index < -0.39 is 0 Å². The smallest absolute Gasteiger partial charge is 0.240 e. The average Bonchev–Trinajstić information content (AvgIpc) is 2.71. The zero-order valence-electron chi connectivity index (χ0n) is 13.6. The van der Waals surface area contributed by atoms with Gasteiger partial charge in [-0.25, -0.2) is 0 Å². The highest BCUT2D eigenvalue weighted by molar-refractivity contribution is 5.82. The molecule has 1 aromatic rings. The Hall–Kier alpha value is -1.29. The van der Waals surface area contributed by atoms with Crippen molar-refractivity contribution in [1.29, 1.82) is 0 Å². The average molecular weight is 291 g/mol. The summed E-state index contributed by atoms with van der Waals surface area (Å²) in [5, 5.41) is 0. The summed E-state index contributed by atoms with van der Waals surface area (Å²) < 4.78 is 2.13. The Bertz CT molecular complexity index is 466. The lowest BCUT2D eigenvalue weighted by atomic mass is 10.0. The van der Waals surface area contributed by atoms with Crippen molar-refractivity contribution in [2.75, 3.05) is 6.54 Å². The van der Waals surface area contributed by atoms with Gasteiger partial charge in [-0.05, 0) is 37.3 Å². The van der Waals surface area contributed by atoms with E-state index in [9.17, 15) is 4.79 Å². The predicted octanol–water partition coefficient (Wildman–Crippen LogP) is 2.84. The molecule has 4 nitrogen and oxygen atoms in total. The van der Waals surface area contributed by atoms with Crippen molar-refractivity contribution < 1.29 is 4.79 Å². The van der Waals surface area contributed by atoms with Gasteiger partial charge in [-0.1, -0.05) is 26.7 Å². The predicted molar refractivity (Wildman–Crippen MR) is 85.8 cm³/mol. The van der Waals surface area contributed by atoms with Gasteiger partial charge in [-0.15, -0.1) is 0 Å². The number of nitrogens with zero attached hydrogens (tertiary/aromatic N) is 2. The van der Waals surface area contributed by atoms with E-state index in [1.165, 1.54) is 18.5 Å². The highest BCUT2D eigenvalue weighted by Gasteiger charge is 2.31. The van der Waals surface area contributed by atoms with Crippen molar-refractivity contribution in [3.8, 4) is 0 Å². The largest absolute Gasteiger partial charge is 0.353 e. The van der Waals surface area contributed by atoms with Crippen LogP contribution >= 0.6 is 0 Å². The fourth-order valence-electron chi connectivity index (χ4n) is 3.32. The summed E-state index contributed by atoms with van der Waals surface area (Å²) in [5.41, 5.74) is 7.38. The van der Waals surface area contributed by atoms with Gasteiger partial charge >= 0.3 is 0 Å². The Morgan fingerprint density at radius 1 is 1.38 bits per heavy atom. The van der Waals surface area contributed by atoms with Gasteiger partial charge < -0.3 is 15.2 Å². The molecule has 2 rings (SSSR count). The van der Waals surface area contributed by atoms with Crippen molar-refractivity contribution >= 4 is 5.91 Å². The van der Waals surface area contributed by atoms with Crippen molar-refractivity contribution in [1.82, 2.24) is 9.47 Å². The van der Waals surface area contributed by atoms with Gasteiger partial charge in [0, 0.05) is 25.5 Å². The molecule has 0 aromatic carbocycles. The normalized spacial score (nSPS) is 21.4. The first-order valence-corrected chi connectivity index (χ1v) is 8.18. The van der Waals surface area contributed by atoms with E-state index in [1.807, 2.05) is 4.90 Å². The number of amides is 1. The Labute approximate surface area is 128 Å². The van der Waals surface area contributed by atoms with Gasteiger partial charge in [0.25, 0.3) is 0 Å². The quantitative estimate of drug-likeness (QED) is 0.927. The SMILES string of the molecule is CC(C)CC(N)C(=O)N1CCCCCC1c1cccn1C. The Morgan fingerprint density at radius 2 is 2.14 bits per heavy atom. The summed E-state index contributed by atoms with van der Waals surface area (Å²) in [4.78, 5) is 14.8. The molecule has 0 bridgehead atoms. The van der Waals surface area contributed by atoms with Crippen molar-refractivity contribution in [2.45, 2.75) is 58.0 Å². The maximum Gasteiger partial charge on any atom is 0.240 e. The number of hydrogen-bond donors (Lipinski definition) is 1. The first kappa shape index (κ1) is 16.1. The molecule has 1 aliphatic heterocycles. The highest BCUT2D eigenvalue weighted by Crippen LogP contribution is 2.30. The molecule has 0 radical (unpaired) electrons. The fraction of sp³-hybridized carbons (Fsp3) is 0.706.